The average Bonchev–Trinajstić information content (AvgIpc) is 3.22. The normalized spacial score (nSPS) is 10.5. The number of aromatic nitrogens is 4. The highest BCUT2D eigenvalue weighted by Crippen LogP contribution is 2.29. The topological polar surface area (TPSA) is 81.9 Å². The molecule has 0 aliphatic heterocycles. The lowest BCUT2D eigenvalue weighted by Crippen LogP contribution is -2.15. The van der Waals surface area contributed by atoms with Crippen molar-refractivity contribution in [2.45, 2.75) is 11.7 Å². The molecule has 1 N–H and O–H groups in total. The Morgan fingerprint density at radius 1 is 0.933 bits per heavy atom. The summed E-state index contributed by atoms with van der Waals surface area (Å²) in [6.07, 6.45) is 0. The van der Waals surface area contributed by atoms with E-state index in [0.29, 0.717) is 28.9 Å². The van der Waals surface area contributed by atoms with Gasteiger partial charge in [-0.25, -0.2) is 4.68 Å². The Morgan fingerprint density at radius 2 is 1.63 bits per heavy atom. The predicted octanol–water partition coefficient (Wildman–Crippen LogP) is 4.24. The van der Waals surface area contributed by atoms with Crippen LogP contribution in [0.5, 0.6) is 11.5 Å². The van der Waals surface area contributed by atoms with E-state index < -0.39 is 0 Å². The molecule has 30 heavy (non-hydrogen) atoms. The van der Waals surface area contributed by atoms with Gasteiger partial charge in [-0.05, 0) is 40.3 Å². The first-order valence-electron chi connectivity index (χ1n) is 9.32. The summed E-state index contributed by atoms with van der Waals surface area (Å²) in [6, 6.07) is 26.7. The van der Waals surface area contributed by atoms with Gasteiger partial charge >= 0.3 is 0 Å². The van der Waals surface area contributed by atoms with Crippen LogP contribution < -0.4 is 10.1 Å². The van der Waals surface area contributed by atoms with Crippen LogP contribution in [0.4, 0.5) is 5.69 Å². The molecule has 3 aromatic carbocycles. The molecule has 0 aliphatic carbocycles. The molecule has 4 aromatic rings. The molecule has 0 bridgehead atoms. The average molecular weight is 417 g/mol. The number of ether oxygens (including phenoxy) is 1. The van der Waals surface area contributed by atoms with Crippen molar-refractivity contribution in [3.8, 4) is 11.5 Å². The molecule has 1 amide bonds. The number of nitrogens with zero attached hydrogens (tertiary/aromatic N) is 4. The van der Waals surface area contributed by atoms with Gasteiger partial charge in [-0.3, -0.25) is 4.79 Å². The first-order chi connectivity index (χ1) is 14.8. The lowest BCUT2D eigenvalue weighted by atomic mass is 10.2. The quantitative estimate of drug-likeness (QED) is 0.432. The van der Waals surface area contributed by atoms with Crippen LogP contribution in [0.1, 0.15) is 5.56 Å². The fourth-order valence-corrected chi connectivity index (χ4v) is 3.42. The van der Waals surface area contributed by atoms with Crippen molar-refractivity contribution in [3.05, 3.63) is 90.5 Å². The lowest BCUT2D eigenvalue weighted by molar-refractivity contribution is -0.113. The summed E-state index contributed by atoms with van der Waals surface area (Å²) >= 11 is 1.28. The van der Waals surface area contributed by atoms with Gasteiger partial charge in [0, 0.05) is 0 Å². The van der Waals surface area contributed by atoms with Gasteiger partial charge in [-0.1, -0.05) is 72.4 Å². The molecule has 0 saturated heterocycles. The van der Waals surface area contributed by atoms with Crippen molar-refractivity contribution in [1.29, 1.82) is 0 Å². The summed E-state index contributed by atoms with van der Waals surface area (Å²) in [7, 11) is 0. The number of amides is 1. The monoisotopic (exact) mass is 417 g/mol. The first kappa shape index (κ1) is 19.7. The van der Waals surface area contributed by atoms with Crippen LogP contribution in [0, 0.1) is 0 Å². The van der Waals surface area contributed by atoms with Gasteiger partial charge in [-0.2, -0.15) is 0 Å². The standard InChI is InChI=1S/C22H19N5O2S/c28-21(16-30-22-24-25-26-27(22)15-17-9-3-1-4-10-17)23-19-13-7-8-14-20(19)29-18-11-5-2-6-12-18/h1-14H,15-16H2,(H,23,28). The molecule has 4 rings (SSSR count). The Kier molecular flexibility index (Phi) is 6.36. The van der Waals surface area contributed by atoms with Gasteiger partial charge < -0.3 is 10.1 Å². The molecule has 1 heterocycles. The van der Waals surface area contributed by atoms with Crippen LogP contribution in [0.3, 0.4) is 0 Å². The number of tetrazole rings is 1. The largest absolute Gasteiger partial charge is 0.455 e. The Morgan fingerprint density at radius 3 is 2.43 bits per heavy atom. The molecule has 0 fully saturated rings. The second kappa shape index (κ2) is 9.71. The Bertz CT molecular complexity index is 1100. The van der Waals surface area contributed by atoms with E-state index in [1.807, 2.05) is 78.9 Å². The number of rotatable bonds is 8. The van der Waals surface area contributed by atoms with Crippen molar-refractivity contribution in [3.63, 3.8) is 0 Å². The number of para-hydroxylation sites is 3. The fourth-order valence-electron chi connectivity index (χ4n) is 2.75. The van der Waals surface area contributed by atoms with E-state index in [9.17, 15) is 4.79 Å². The summed E-state index contributed by atoms with van der Waals surface area (Å²) in [6.45, 7) is 0.547. The molecule has 1 aromatic heterocycles. The third kappa shape index (κ3) is 5.24. The predicted molar refractivity (Wildman–Crippen MR) is 116 cm³/mol. The van der Waals surface area contributed by atoms with Crippen molar-refractivity contribution in [2.75, 3.05) is 11.1 Å². The number of anilines is 1. The molecule has 7 nitrogen and oxygen atoms in total. The molecular weight excluding hydrogens is 398 g/mol. The van der Waals surface area contributed by atoms with Crippen molar-refractivity contribution < 1.29 is 9.53 Å². The van der Waals surface area contributed by atoms with E-state index in [1.54, 1.807) is 10.7 Å². The molecule has 0 unspecified atom stereocenters. The maximum absolute atomic E-state index is 12.5. The third-order valence-corrected chi connectivity index (χ3v) is 5.10. The Balaban J connectivity index is 1.37. The summed E-state index contributed by atoms with van der Waals surface area (Å²) < 4.78 is 7.57. The molecule has 0 radical (unpaired) electrons. The summed E-state index contributed by atoms with van der Waals surface area (Å²) in [5.41, 5.74) is 1.69. The number of hydrogen-bond donors (Lipinski definition) is 1. The number of thioether (sulfide) groups is 1. The van der Waals surface area contributed by atoms with Crippen LogP contribution in [0.15, 0.2) is 90.1 Å². The van der Waals surface area contributed by atoms with Crippen molar-refractivity contribution in [2.24, 2.45) is 0 Å². The van der Waals surface area contributed by atoms with E-state index >= 15 is 0 Å². The summed E-state index contributed by atoms with van der Waals surface area (Å²) in [4.78, 5) is 12.5. The maximum Gasteiger partial charge on any atom is 0.234 e. The molecule has 150 valence electrons. The van der Waals surface area contributed by atoms with Crippen LogP contribution in [0.25, 0.3) is 0 Å². The fraction of sp³-hybridized carbons (Fsp3) is 0.0909. The van der Waals surface area contributed by atoms with E-state index in [0.717, 1.165) is 5.56 Å². The zero-order valence-corrected chi connectivity index (χ0v) is 16.8. The van der Waals surface area contributed by atoms with E-state index in [4.69, 9.17) is 4.74 Å². The highest BCUT2D eigenvalue weighted by Gasteiger charge is 2.12. The molecule has 8 heteroatoms. The number of benzene rings is 3. The van der Waals surface area contributed by atoms with E-state index in [2.05, 4.69) is 20.8 Å². The molecule has 0 aliphatic rings. The highest BCUT2D eigenvalue weighted by atomic mass is 32.2. The van der Waals surface area contributed by atoms with Gasteiger partial charge in [0.1, 0.15) is 5.75 Å². The van der Waals surface area contributed by atoms with Gasteiger partial charge in [0.2, 0.25) is 11.1 Å². The molecule has 0 atom stereocenters. The summed E-state index contributed by atoms with van der Waals surface area (Å²) in [5, 5.41) is 15.3. The zero-order chi connectivity index (χ0) is 20.6. The number of hydrogen-bond acceptors (Lipinski definition) is 6. The van der Waals surface area contributed by atoms with Gasteiger partial charge in [0.05, 0.1) is 18.0 Å². The minimum Gasteiger partial charge on any atom is -0.455 e. The second-order valence-corrected chi connectivity index (χ2v) is 7.30. The SMILES string of the molecule is O=C(CSc1nnnn1Cc1ccccc1)Nc1ccccc1Oc1ccccc1. The van der Waals surface area contributed by atoms with Gasteiger partial charge in [-0.15, -0.1) is 5.10 Å². The number of carbonyl (C=O) groups is 1. The highest BCUT2D eigenvalue weighted by molar-refractivity contribution is 7.99. The van der Waals surface area contributed by atoms with Crippen molar-refractivity contribution >= 4 is 23.4 Å². The minimum absolute atomic E-state index is 0.168. The smallest absolute Gasteiger partial charge is 0.234 e. The third-order valence-electron chi connectivity index (χ3n) is 4.14. The Hall–Kier alpha value is -3.65. The van der Waals surface area contributed by atoms with Crippen LogP contribution >= 0.6 is 11.8 Å². The van der Waals surface area contributed by atoms with E-state index in [-0.39, 0.29) is 11.7 Å². The second-order valence-electron chi connectivity index (χ2n) is 6.35. The van der Waals surface area contributed by atoms with Crippen LogP contribution in [0.2, 0.25) is 0 Å². The first-order valence-corrected chi connectivity index (χ1v) is 10.3. The van der Waals surface area contributed by atoms with Crippen molar-refractivity contribution in [1.82, 2.24) is 20.2 Å². The molecule has 0 spiro atoms. The van der Waals surface area contributed by atoms with E-state index in [1.165, 1.54) is 11.8 Å². The number of carbonyl (C=O) groups excluding carboxylic acids is 1. The number of nitrogens with one attached hydrogen (secondary N) is 1. The van der Waals surface area contributed by atoms with Crippen LogP contribution in [-0.4, -0.2) is 31.9 Å². The van der Waals surface area contributed by atoms with Crippen LogP contribution in [-0.2, 0) is 11.3 Å². The lowest BCUT2D eigenvalue weighted by Gasteiger charge is -2.12. The van der Waals surface area contributed by atoms with Gasteiger partial charge in [0.15, 0.2) is 5.75 Å². The molecular formula is C22H19N5O2S. The minimum atomic E-state index is -0.168. The Labute approximate surface area is 178 Å². The van der Waals surface area contributed by atoms with Gasteiger partial charge in [0.25, 0.3) is 0 Å². The zero-order valence-electron chi connectivity index (χ0n) is 16.0. The molecule has 0 saturated carbocycles. The maximum atomic E-state index is 12.5. The summed E-state index contributed by atoms with van der Waals surface area (Å²) in [5.74, 6) is 1.29.